The van der Waals surface area contributed by atoms with E-state index in [-0.39, 0.29) is 0 Å². The topological polar surface area (TPSA) is 51.2 Å². The van der Waals surface area contributed by atoms with Gasteiger partial charge in [-0.1, -0.05) is 13.0 Å². The molecule has 0 bridgehead atoms. The fourth-order valence-electron chi connectivity index (χ4n) is 1.98. The molecule has 0 spiro atoms. The van der Waals surface area contributed by atoms with Crippen LogP contribution in [0.3, 0.4) is 0 Å². The van der Waals surface area contributed by atoms with Crippen molar-refractivity contribution in [3.63, 3.8) is 0 Å². The Kier molecular flexibility index (Phi) is 2.40. The predicted molar refractivity (Wildman–Crippen MR) is 61.9 cm³/mol. The molecule has 0 saturated heterocycles. The lowest BCUT2D eigenvalue weighted by Crippen LogP contribution is -2.02. The molecule has 0 radical (unpaired) electrons. The molecule has 0 fully saturated rings. The maximum absolute atomic E-state index is 10.0. The molecule has 1 heterocycles. The monoisotopic (exact) mass is 204 g/mol. The van der Waals surface area contributed by atoms with Crippen LogP contribution in [0.1, 0.15) is 18.2 Å². The summed E-state index contributed by atoms with van der Waals surface area (Å²) in [5.74, 6) is 0.394. The molecule has 0 amide bonds. The normalized spacial score (nSPS) is 11.1. The SMILES string of the molecule is CCc1ccc2c(cc(CN)n2C)c1O. The maximum atomic E-state index is 10.0. The van der Waals surface area contributed by atoms with Gasteiger partial charge in [0.2, 0.25) is 0 Å². The van der Waals surface area contributed by atoms with Crippen molar-refractivity contribution in [3.05, 3.63) is 29.5 Å². The molecule has 80 valence electrons. The van der Waals surface area contributed by atoms with Gasteiger partial charge >= 0.3 is 0 Å². The molecule has 3 heteroatoms. The van der Waals surface area contributed by atoms with Crippen LogP contribution in [0.15, 0.2) is 18.2 Å². The highest BCUT2D eigenvalue weighted by Gasteiger charge is 2.10. The Hall–Kier alpha value is -1.48. The third-order valence-corrected chi connectivity index (χ3v) is 2.97. The zero-order valence-electron chi connectivity index (χ0n) is 9.12. The first kappa shape index (κ1) is 10.1. The van der Waals surface area contributed by atoms with Gasteiger partial charge in [0.05, 0.1) is 5.52 Å². The summed E-state index contributed by atoms with van der Waals surface area (Å²) in [6, 6.07) is 5.97. The number of hydrogen-bond acceptors (Lipinski definition) is 2. The van der Waals surface area contributed by atoms with Gasteiger partial charge in [0.1, 0.15) is 5.75 Å². The van der Waals surface area contributed by atoms with Gasteiger partial charge in [0.25, 0.3) is 0 Å². The summed E-state index contributed by atoms with van der Waals surface area (Å²) in [6.45, 7) is 2.53. The van der Waals surface area contributed by atoms with Crippen LogP contribution in [0.2, 0.25) is 0 Å². The molecule has 0 unspecified atom stereocenters. The Morgan fingerprint density at radius 1 is 1.40 bits per heavy atom. The van der Waals surface area contributed by atoms with E-state index in [1.807, 2.05) is 36.7 Å². The Labute approximate surface area is 89.1 Å². The van der Waals surface area contributed by atoms with Gasteiger partial charge in [-0.05, 0) is 24.1 Å². The van der Waals surface area contributed by atoms with Crippen LogP contribution in [0, 0.1) is 0 Å². The summed E-state index contributed by atoms with van der Waals surface area (Å²) < 4.78 is 2.02. The minimum absolute atomic E-state index is 0.394. The number of rotatable bonds is 2. The number of phenols is 1. The molecule has 0 atom stereocenters. The van der Waals surface area contributed by atoms with Crippen molar-refractivity contribution in [1.29, 1.82) is 0 Å². The van der Waals surface area contributed by atoms with Gasteiger partial charge in [-0.15, -0.1) is 0 Å². The van der Waals surface area contributed by atoms with Gasteiger partial charge < -0.3 is 15.4 Å². The zero-order valence-corrected chi connectivity index (χ0v) is 9.12. The molecule has 2 rings (SSSR count). The molecule has 0 aliphatic carbocycles. The lowest BCUT2D eigenvalue weighted by atomic mass is 10.1. The van der Waals surface area contributed by atoms with Crippen molar-refractivity contribution in [2.75, 3.05) is 0 Å². The zero-order chi connectivity index (χ0) is 11.0. The summed E-state index contributed by atoms with van der Waals surface area (Å²) in [7, 11) is 1.97. The van der Waals surface area contributed by atoms with E-state index in [0.29, 0.717) is 12.3 Å². The standard InChI is InChI=1S/C12H16N2O/c1-3-8-4-5-11-10(12(8)15)6-9(7-13)14(11)2/h4-6,15H,3,7,13H2,1-2H3. The second-order valence-corrected chi connectivity index (χ2v) is 3.76. The number of aromatic hydroxyl groups is 1. The Morgan fingerprint density at radius 2 is 2.13 bits per heavy atom. The van der Waals surface area contributed by atoms with E-state index in [4.69, 9.17) is 5.73 Å². The number of phenolic OH excluding ortho intramolecular Hbond substituents is 1. The van der Waals surface area contributed by atoms with E-state index < -0.39 is 0 Å². The summed E-state index contributed by atoms with van der Waals surface area (Å²) in [5, 5.41) is 10.9. The van der Waals surface area contributed by atoms with Crippen molar-refractivity contribution in [2.24, 2.45) is 12.8 Å². The maximum Gasteiger partial charge on any atom is 0.128 e. The summed E-state index contributed by atoms with van der Waals surface area (Å²) in [6.07, 6.45) is 0.842. The van der Waals surface area contributed by atoms with E-state index in [1.54, 1.807) is 0 Å². The first-order valence-electron chi connectivity index (χ1n) is 5.18. The number of hydrogen-bond donors (Lipinski definition) is 2. The first-order chi connectivity index (χ1) is 7.19. The lowest BCUT2D eigenvalue weighted by molar-refractivity contribution is 0.475. The predicted octanol–water partition coefficient (Wildman–Crippen LogP) is 1.90. The lowest BCUT2D eigenvalue weighted by Gasteiger charge is -2.04. The molecule has 0 aliphatic rings. The van der Waals surface area contributed by atoms with Gasteiger partial charge in [-0.3, -0.25) is 0 Å². The molecule has 3 nitrogen and oxygen atoms in total. The van der Waals surface area contributed by atoms with Gasteiger partial charge in [0.15, 0.2) is 0 Å². The van der Waals surface area contributed by atoms with E-state index in [1.165, 1.54) is 0 Å². The Morgan fingerprint density at radius 3 is 2.73 bits per heavy atom. The number of benzene rings is 1. The summed E-state index contributed by atoms with van der Waals surface area (Å²) in [5.41, 5.74) is 8.68. The summed E-state index contributed by atoms with van der Waals surface area (Å²) >= 11 is 0. The van der Waals surface area contributed by atoms with Gasteiger partial charge in [-0.2, -0.15) is 0 Å². The van der Waals surface area contributed by atoms with Crippen LogP contribution in [-0.2, 0) is 20.0 Å². The number of aromatic nitrogens is 1. The van der Waals surface area contributed by atoms with Crippen LogP contribution in [0.25, 0.3) is 10.9 Å². The van der Waals surface area contributed by atoms with E-state index in [2.05, 4.69) is 0 Å². The Balaban J connectivity index is 2.77. The largest absolute Gasteiger partial charge is 0.507 e. The molecule has 15 heavy (non-hydrogen) atoms. The quantitative estimate of drug-likeness (QED) is 0.785. The van der Waals surface area contributed by atoms with Crippen LogP contribution in [-0.4, -0.2) is 9.67 Å². The average Bonchev–Trinajstić information content (AvgIpc) is 2.57. The van der Waals surface area contributed by atoms with Crippen molar-refractivity contribution in [3.8, 4) is 5.75 Å². The number of nitrogens with two attached hydrogens (primary N) is 1. The minimum atomic E-state index is 0.394. The number of fused-ring (bicyclic) bond motifs is 1. The molecule has 1 aromatic carbocycles. The second-order valence-electron chi connectivity index (χ2n) is 3.76. The van der Waals surface area contributed by atoms with Gasteiger partial charge in [0, 0.05) is 24.7 Å². The molecule has 1 aromatic heterocycles. The third kappa shape index (κ3) is 1.39. The molecule has 3 N–H and O–H groups in total. The van der Waals surface area contributed by atoms with Crippen LogP contribution in [0.4, 0.5) is 0 Å². The Bertz CT molecular complexity index is 500. The molecule has 2 aromatic rings. The fraction of sp³-hybridized carbons (Fsp3) is 0.333. The molecular formula is C12H16N2O. The number of nitrogens with zero attached hydrogens (tertiary/aromatic N) is 1. The van der Waals surface area contributed by atoms with E-state index in [9.17, 15) is 5.11 Å². The molecule has 0 aliphatic heterocycles. The second kappa shape index (κ2) is 3.59. The fourth-order valence-corrected chi connectivity index (χ4v) is 1.98. The van der Waals surface area contributed by atoms with Crippen LogP contribution >= 0.6 is 0 Å². The van der Waals surface area contributed by atoms with Crippen molar-refractivity contribution < 1.29 is 5.11 Å². The van der Waals surface area contributed by atoms with Crippen molar-refractivity contribution in [1.82, 2.24) is 4.57 Å². The smallest absolute Gasteiger partial charge is 0.128 e. The minimum Gasteiger partial charge on any atom is -0.507 e. The van der Waals surface area contributed by atoms with E-state index in [0.717, 1.165) is 28.6 Å². The van der Waals surface area contributed by atoms with Crippen molar-refractivity contribution >= 4 is 10.9 Å². The number of aryl methyl sites for hydroxylation is 2. The molecule has 0 saturated carbocycles. The highest BCUT2D eigenvalue weighted by atomic mass is 16.3. The average molecular weight is 204 g/mol. The van der Waals surface area contributed by atoms with Crippen LogP contribution in [0.5, 0.6) is 5.75 Å². The van der Waals surface area contributed by atoms with Crippen LogP contribution < -0.4 is 5.73 Å². The summed E-state index contributed by atoms with van der Waals surface area (Å²) in [4.78, 5) is 0. The highest BCUT2D eigenvalue weighted by molar-refractivity contribution is 5.88. The van der Waals surface area contributed by atoms with E-state index >= 15 is 0 Å². The molecular weight excluding hydrogens is 188 g/mol. The van der Waals surface area contributed by atoms with Gasteiger partial charge in [-0.25, -0.2) is 0 Å². The first-order valence-corrected chi connectivity index (χ1v) is 5.18. The highest BCUT2D eigenvalue weighted by Crippen LogP contribution is 2.31. The third-order valence-electron chi connectivity index (χ3n) is 2.97. The van der Waals surface area contributed by atoms with Crippen molar-refractivity contribution in [2.45, 2.75) is 19.9 Å².